The first-order chi connectivity index (χ1) is 13.0. The number of aromatic nitrogens is 3. The van der Waals surface area contributed by atoms with Gasteiger partial charge in [-0.3, -0.25) is 4.79 Å². The molecule has 138 valence electrons. The largest absolute Gasteiger partial charge is 0.455 e. The van der Waals surface area contributed by atoms with Crippen LogP contribution >= 0.6 is 0 Å². The van der Waals surface area contributed by atoms with E-state index in [2.05, 4.69) is 15.6 Å². The molecule has 0 aliphatic heterocycles. The molecule has 27 heavy (non-hydrogen) atoms. The fraction of sp³-hybridized carbons (Fsp3) is 0.158. The fourth-order valence-electron chi connectivity index (χ4n) is 2.28. The molecule has 0 radical (unpaired) electrons. The summed E-state index contributed by atoms with van der Waals surface area (Å²) in [6.07, 6.45) is 1.52. The highest BCUT2D eigenvalue weighted by Gasteiger charge is 2.11. The van der Waals surface area contributed by atoms with E-state index in [9.17, 15) is 14.0 Å². The molecule has 0 unspecified atom stereocenters. The topological polar surface area (TPSA) is 86.1 Å². The van der Waals surface area contributed by atoms with Crippen molar-refractivity contribution in [1.82, 2.24) is 15.0 Å². The minimum Gasteiger partial charge on any atom is -0.455 e. The number of nitrogens with zero attached hydrogens (tertiary/aromatic N) is 3. The van der Waals surface area contributed by atoms with Crippen molar-refractivity contribution in [2.45, 2.75) is 20.1 Å². The van der Waals surface area contributed by atoms with Crippen molar-refractivity contribution in [3.05, 3.63) is 77.4 Å². The molecule has 0 spiro atoms. The smallest absolute Gasteiger partial charge is 0.338 e. The second-order valence-electron chi connectivity index (χ2n) is 5.90. The molecule has 3 aromatic rings. The molecular weight excluding hydrogens is 351 g/mol. The number of hydrogen-bond acceptors (Lipinski definition) is 5. The van der Waals surface area contributed by atoms with Gasteiger partial charge in [0.25, 0.3) is 0 Å². The Morgan fingerprint density at radius 1 is 1.11 bits per heavy atom. The van der Waals surface area contributed by atoms with Gasteiger partial charge in [0.2, 0.25) is 5.91 Å². The van der Waals surface area contributed by atoms with E-state index in [1.165, 1.54) is 35.1 Å². The van der Waals surface area contributed by atoms with Crippen molar-refractivity contribution >= 4 is 17.6 Å². The van der Waals surface area contributed by atoms with E-state index in [0.717, 1.165) is 5.56 Å². The predicted molar refractivity (Wildman–Crippen MR) is 95.4 cm³/mol. The van der Waals surface area contributed by atoms with Crippen molar-refractivity contribution in [2.75, 3.05) is 5.32 Å². The molecule has 0 saturated carbocycles. The summed E-state index contributed by atoms with van der Waals surface area (Å²) < 4.78 is 19.3. The molecule has 2 aromatic carbocycles. The van der Waals surface area contributed by atoms with Gasteiger partial charge in [0.05, 0.1) is 11.8 Å². The quantitative estimate of drug-likeness (QED) is 0.676. The summed E-state index contributed by atoms with van der Waals surface area (Å²) in [7, 11) is 0. The molecule has 8 heteroatoms. The molecular formula is C19H17FN4O3. The number of nitrogens with one attached hydrogen (secondary N) is 1. The second kappa shape index (κ2) is 8.22. The van der Waals surface area contributed by atoms with Crippen LogP contribution in [0.15, 0.2) is 54.7 Å². The molecule has 3 rings (SSSR count). The molecule has 0 aliphatic rings. The molecule has 0 fully saturated rings. The Morgan fingerprint density at radius 2 is 1.81 bits per heavy atom. The van der Waals surface area contributed by atoms with Crippen LogP contribution in [0.5, 0.6) is 0 Å². The van der Waals surface area contributed by atoms with Crippen LogP contribution in [0.25, 0.3) is 0 Å². The van der Waals surface area contributed by atoms with E-state index < -0.39 is 11.8 Å². The third kappa shape index (κ3) is 5.21. The van der Waals surface area contributed by atoms with Crippen molar-refractivity contribution in [2.24, 2.45) is 0 Å². The number of benzene rings is 2. The van der Waals surface area contributed by atoms with Crippen LogP contribution in [0.3, 0.4) is 0 Å². The van der Waals surface area contributed by atoms with Crippen LogP contribution in [-0.4, -0.2) is 26.9 Å². The highest BCUT2D eigenvalue weighted by Crippen LogP contribution is 2.09. The molecule has 0 atom stereocenters. The highest BCUT2D eigenvalue weighted by atomic mass is 19.1. The van der Waals surface area contributed by atoms with Gasteiger partial charge in [0.15, 0.2) is 0 Å². The van der Waals surface area contributed by atoms with Gasteiger partial charge < -0.3 is 10.1 Å². The van der Waals surface area contributed by atoms with Crippen molar-refractivity contribution in [3.63, 3.8) is 0 Å². The average Bonchev–Trinajstić information content (AvgIpc) is 3.09. The minimum atomic E-state index is -0.596. The number of anilines is 1. The predicted octanol–water partition coefficient (Wildman–Crippen LogP) is 2.72. The van der Waals surface area contributed by atoms with Crippen molar-refractivity contribution in [3.8, 4) is 0 Å². The van der Waals surface area contributed by atoms with Gasteiger partial charge in [0.1, 0.15) is 24.7 Å². The molecule has 1 aromatic heterocycles. The number of amides is 1. The van der Waals surface area contributed by atoms with Crippen molar-refractivity contribution < 1.29 is 18.7 Å². The molecule has 1 amide bonds. The molecule has 7 nitrogen and oxygen atoms in total. The summed E-state index contributed by atoms with van der Waals surface area (Å²) in [6, 6.07) is 12.5. The Labute approximate surface area is 154 Å². The number of carbonyl (C=O) groups is 2. The Bertz CT molecular complexity index is 936. The number of ether oxygens (including phenoxy) is 1. The number of rotatable bonds is 6. The lowest BCUT2D eigenvalue weighted by Gasteiger charge is -2.05. The number of hydrogen-bond donors (Lipinski definition) is 1. The Morgan fingerprint density at radius 3 is 2.52 bits per heavy atom. The van der Waals surface area contributed by atoms with Crippen molar-refractivity contribution in [1.29, 1.82) is 0 Å². The summed E-state index contributed by atoms with van der Waals surface area (Å²) in [4.78, 5) is 23.9. The lowest BCUT2D eigenvalue weighted by atomic mass is 10.2. The maximum atomic E-state index is 12.9. The molecule has 0 aliphatic carbocycles. The Balaban J connectivity index is 1.50. The van der Waals surface area contributed by atoms with Gasteiger partial charge in [-0.1, -0.05) is 22.9 Å². The molecule has 1 heterocycles. The number of halogens is 1. The zero-order chi connectivity index (χ0) is 19.2. The standard InChI is InChI=1S/C19H17FN4O3/c1-13-2-8-16(9-3-13)21-18(25)11-24-10-17(22-23-24)12-27-19(26)14-4-6-15(20)7-5-14/h2-10H,11-12H2,1H3,(H,21,25). The van der Waals surface area contributed by atoms with Gasteiger partial charge >= 0.3 is 5.97 Å². The minimum absolute atomic E-state index is 0.0210. The average molecular weight is 368 g/mol. The highest BCUT2D eigenvalue weighted by molar-refractivity contribution is 5.90. The van der Waals surface area contributed by atoms with Crippen LogP contribution < -0.4 is 5.32 Å². The SMILES string of the molecule is Cc1ccc(NC(=O)Cn2cc(COC(=O)c3ccc(F)cc3)nn2)cc1. The Kier molecular flexibility index (Phi) is 5.55. The second-order valence-corrected chi connectivity index (χ2v) is 5.90. The lowest BCUT2D eigenvalue weighted by molar-refractivity contribution is -0.116. The zero-order valence-corrected chi connectivity index (χ0v) is 14.6. The first-order valence-corrected chi connectivity index (χ1v) is 8.18. The van der Waals surface area contributed by atoms with E-state index in [1.807, 2.05) is 31.2 Å². The first kappa shape index (κ1) is 18.2. The van der Waals surface area contributed by atoms with Crippen LogP contribution in [0, 0.1) is 12.7 Å². The van der Waals surface area contributed by atoms with E-state index in [0.29, 0.717) is 11.4 Å². The van der Waals surface area contributed by atoms with Crippen LogP contribution in [0.1, 0.15) is 21.6 Å². The maximum Gasteiger partial charge on any atom is 0.338 e. The van der Waals surface area contributed by atoms with Gasteiger partial charge in [-0.05, 0) is 43.3 Å². The van der Waals surface area contributed by atoms with Gasteiger partial charge in [-0.2, -0.15) is 0 Å². The number of esters is 1. The van der Waals surface area contributed by atoms with Crippen LogP contribution in [-0.2, 0) is 22.7 Å². The van der Waals surface area contributed by atoms with Gasteiger partial charge in [-0.15, -0.1) is 5.10 Å². The third-order valence-corrected chi connectivity index (χ3v) is 3.66. The van der Waals surface area contributed by atoms with Gasteiger partial charge in [-0.25, -0.2) is 13.9 Å². The Hall–Kier alpha value is -3.55. The summed E-state index contributed by atoms with van der Waals surface area (Å²) in [5.74, 6) is -1.28. The normalized spacial score (nSPS) is 10.4. The lowest BCUT2D eigenvalue weighted by Crippen LogP contribution is -2.19. The van der Waals surface area contributed by atoms with Crippen LogP contribution in [0.2, 0.25) is 0 Å². The zero-order valence-electron chi connectivity index (χ0n) is 14.6. The molecule has 0 bridgehead atoms. The number of aryl methyl sites for hydroxylation is 1. The van der Waals surface area contributed by atoms with E-state index in [-0.39, 0.29) is 24.6 Å². The summed E-state index contributed by atoms with van der Waals surface area (Å²) in [5.41, 5.74) is 2.43. The van der Waals surface area contributed by atoms with E-state index in [4.69, 9.17) is 4.74 Å². The summed E-state index contributed by atoms with van der Waals surface area (Å²) in [6.45, 7) is 1.84. The third-order valence-electron chi connectivity index (χ3n) is 3.66. The van der Waals surface area contributed by atoms with E-state index >= 15 is 0 Å². The monoisotopic (exact) mass is 368 g/mol. The fourth-order valence-corrected chi connectivity index (χ4v) is 2.28. The summed E-state index contributed by atoms with van der Waals surface area (Å²) >= 11 is 0. The number of carbonyl (C=O) groups excluding carboxylic acids is 2. The molecule has 0 saturated heterocycles. The van der Waals surface area contributed by atoms with Gasteiger partial charge in [0, 0.05) is 5.69 Å². The van der Waals surface area contributed by atoms with E-state index in [1.54, 1.807) is 0 Å². The maximum absolute atomic E-state index is 12.9. The molecule has 1 N–H and O–H groups in total. The summed E-state index contributed by atoms with van der Waals surface area (Å²) in [5, 5.41) is 10.5. The first-order valence-electron chi connectivity index (χ1n) is 8.18. The van der Waals surface area contributed by atoms with Crippen LogP contribution in [0.4, 0.5) is 10.1 Å².